The number of methoxy groups -OCH3 is 1. The van der Waals surface area contributed by atoms with Gasteiger partial charge in [0.15, 0.2) is 5.84 Å². The van der Waals surface area contributed by atoms with Crippen LogP contribution in [0.15, 0.2) is 63.2 Å². The summed E-state index contributed by atoms with van der Waals surface area (Å²) in [5.74, 6) is 0.383. The van der Waals surface area contributed by atoms with Gasteiger partial charge in [0.05, 0.1) is 13.7 Å². The number of carbonyl (C=O) groups is 1. The number of nitrogens with zero attached hydrogens (tertiary/aromatic N) is 1. The number of fused-ring (bicyclic) bond motifs is 1. The van der Waals surface area contributed by atoms with Crippen molar-refractivity contribution in [1.82, 2.24) is 0 Å². The second-order valence-corrected chi connectivity index (χ2v) is 8.79. The van der Waals surface area contributed by atoms with Crippen LogP contribution in [0.3, 0.4) is 0 Å². The first-order valence-electron chi connectivity index (χ1n) is 9.09. The highest BCUT2D eigenvalue weighted by Gasteiger charge is 2.30. The molecule has 0 atom stereocenters. The number of rotatable bonds is 5. The maximum Gasteiger partial charge on any atom is 0.341 e. The zero-order valence-electron chi connectivity index (χ0n) is 16.2. The first-order valence-corrected chi connectivity index (χ1v) is 11.4. The van der Waals surface area contributed by atoms with Gasteiger partial charge in [0.25, 0.3) is 10.0 Å². The van der Waals surface area contributed by atoms with Crippen LogP contribution >= 0.6 is 11.3 Å². The Kier molecular flexibility index (Phi) is 5.31. The number of sulfonamides is 1. The first kappa shape index (κ1) is 20.1. The van der Waals surface area contributed by atoms with Crippen LogP contribution in [-0.4, -0.2) is 33.9 Å². The second-order valence-electron chi connectivity index (χ2n) is 6.34. The molecule has 1 aliphatic rings. The molecule has 7 nitrogen and oxygen atoms in total. The standard InChI is InChI=1S/C21H18N2O5S2/c1-3-28-21(24)18-16(13-8-10-14(27-2)11-9-13)12-29-20(18)22-19-15-6-4-5-7-17(15)30(25,26)23-19/h4-12H,3H2,1-2H3,(H,22,23). The first-order chi connectivity index (χ1) is 14.4. The predicted octanol–water partition coefficient (Wildman–Crippen LogP) is 4.16. The smallest absolute Gasteiger partial charge is 0.341 e. The number of ether oxygens (including phenoxy) is 2. The van der Waals surface area contributed by atoms with Gasteiger partial charge < -0.3 is 14.8 Å². The molecule has 0 saturated heterocycles. The molecule has 0 radical (unpaired) electrons. The van der Waals surface area contributed by atoms with Crippen LogP contribution in [0, 0.1) is 0 Å². The zero-order chi connectivity index (χ0) is 21.3. The largest absolute Gasteiger partial charge is 0.497 e. The van der Waals surface area contributed by atoms with E-state index in [1.54, 1.807) is 44.4 Å². The molecule has 4 rings (SSSR count). The van der Waals surface area contributed by atoms with E-state index in [-0.39, 0.29) is 17.3 Å². The average Bonchev–Trinajstić information content (AvgIpc) is 3.27. The third-order valence-electron chi connectivity index (χ3n) is 4.54. The molecule has 2 heterocycles. The SMILES string of the molecule is CCOC(=O)c1c(-c2ccc(OC)cc2)csc1NC1=NS(=O)(=O)c2ccccc21. The Morgan fingerprint density at radius 3 is 2.53 bits per heavy atom. The third-order valence-corrected chi connectivity index (χ3v) is 6.77. The highest BCUT2D eigenvalue weighted by atomic mass is 32.2. The van der Waals surface area contributed by atoms with Crippen molar-refractivity contribution in [3.63, 3.8) is 0 Å². The van der Waals surface area contributed by atoms with Gasteiger partial charge >= 0.3 is 5.97 Å². The number of thiophene rings is 1. The van der Waals surface area contributed by atoms with E-state index in [1.807, 2.05) is 17.5 Å². The number of benzene rings is 2. The molecule has 3 aromatic rings. The van der Waals surface area contributed by atoms with Gasteiger partial charge in [-0.05, 0) is 36.8 Å². The summed E-state index contributed by atoms with van der Waals surface area (Å²) in [4.78, 5) is 12.9. The molecule has 0 bridgehead atoms. The molecule has 154 valence electrons. The maximum atomic E-state index is 12.8. The van der Waals surface area contributed by atoms with Gasteiger partial charge in [0.2, 0.25) is 0 Å². The van der Waals surface area contributed by atoms with Gasteiger partial charge in [-0.1, -0.05) is 24.3 Å². The Hall–Kier alpha value is -3.17. The van der Waals surface area contributed by atoms with Crippen molar-refractivity contribution in [2.75, 3.05) is 19.0 Å². The molecule has 1 N–H and O–H groups in total. The molecule has 9 heteroatoms. The lowest BCUT2D eigenvalue weighted by Crippen LogP contribution is -2.14. The van der Waals surface area contributed by atoms with Gasteiger partial charge in [-0.15, -0.1) is 15.7 Å². The predicted molar refractivity (Wildman–Crippen MR) is 116 cm³/mol. The maximum absolute atomic E-state index is 12.8. The van der Waals surface area contributed by atoms with E-state index in [4.69, 9.17) is 9.47 Å². The van der Waals surface area contributed by atoms with Crippen molar-refractivity contribution in [2.45, 2.75) is 11.8 Å². The molecule has 0 aliphatic carbocycles. The lowest BCUT2D eigenvalue weighted by molar-refractivity contribution is 0.0529. The Bertz CT molecular complexity index is 1240. The van der Waals surface area contributed by atoms with Crippen molar-refractivity contribution in [1.29, 1.82) is 0 Å². The van der Waals surface area contributed by atoms with Gasteiger partial charge in [0.1, 0.15) is 21.2 Å². The van der Waals surface area contributed by atoms with Crippen molar-refractivity contribution >= 4 is 38.2 Å². The van der Waals surface area contributed by atoms with E-state index >= 15 is 0 Å². The molecule has 2 aromatic carbocycles. The van der Waals surface area contributed by atoms with E-state index in [9.17, 15) is 13.2 Å². The molecule has 0 saturated carbocycles. The van der Waals surface area contributed by atoms with Crippen molar-refractivity contribution in [3.05, 3.63) is 65.0 Å². The van der Waals surface area contributed by atoms with Crippen LogP contribution in [0.2, 0.25) is 0 Å². The minimum absolute atomic E-state index is 0.136. The molecule has 0 unspecified atom stereocenters. The summed E-state index contributed by atoms with van der Waals surface area (Å²) in [5.41, 5.74) is 2.28. The van der Waals surface area contributed by atoms with Crippen LogP contribution in [0.1, 0.15) is 22.8 Å². The fourth-order valence-corrected chi connectivity index (χ4v) is 5.27. The van der Waals surface area contributed by atoms with Crippen LogP contribution < -0.4 is 10.1 Å². The van der Waals surface area contributed by atoms with Crippen LogP contribution in [0.25, 0.3) is 11.1 Å². The minimum atomic E-state index is -3.77. The molecule has 0 amide bonds. The monoisotopic (exact) mass is 442 g/mol. The summed E-state index contributed by atoms with van der Waals surface area (Å²) in [6.07, 6.45) is 0. The van der Waals surface area contributed by atoms with Crippen molar-refractivity contribution in [3.8, 4) is 16.9 Å². The van der Waals surface area contributed by atoms with E-state index in [2.05, 4.69) is 9.71 Å². The van der Waals surface area contributed by atoms with Crippen LogP contribution in [-0.2, 0) is 14.8 Å². The number of hydrogen-bond donors (Lipinski definition) is 1. The average molecular weight is 443 g/mol. The Labute approximate surface area is 178 Å². The number of nitrogens with one attached hydrogen (secondary N) is 1. The summed E-state index contributed by atoms with van der Waals surface area (Å²) in [7, 11) is -2.19. The number of amidine groups is 1. The van der Waals surface area contributed by atoms with Crippen molar-refractivity contribution < 1.29 is 22.7 Å². The summed E-state index contributed by atoms with van der Waals surface area (Å²) in [5, 5.41) is 5.33. The minimum Gasteiger partial charge on any atom is -0.497 e. The highest BCUT2D eigenvalue weighted by Crippen LogP contribution is 2.38. The van der Waals surface area contributed by atoms with E-state index < -0.39 is 16.0 Å². The normalized spacial score (nSPS) is 14.0. The van der Waals surface area contributed by atoms with E-state index in [0.29, 0.717) is 27.4 Å². The van der Waals surface area contributed by atoms with Crippen LogP contribution in [0.5, 0.6) is 5.75 Å². The topological polar surface area (TPSA) is 94.1 Å². The van der Waals surface area contributed by atoms with Gasteiger partial charge in [-0.25, -0.2) is 4.79 Å². The fourth-order valence-electron chi connectivity index (χ4n) is 3.14. The zero-order valence-corrected chi connectivity index (χ0v) is 17.8. The van der Waals surface area contributed by atoms with E-state index in [1.165, 1.54) is 17.4 Å². The molecule has 30 heavy (non-hydrogen) atoms. The van der Waals surface area contributed by atoms with E-state index in [0.717, 1.165) is 5.56 Å². The number of esters is 1. The highest BCUT2D eigenvalue weighted by molar-refractivity contribution is 7.90. The van der Waals surface area contributed by atoms with Crippen LogP contribution in [0.4, 0.5) is 5.00 Å². The Balaban J connectivity index is 1.77. The molecular formula is C21H18N2O5S2. The molecule has 1 aliphatic heterocycles. The van der Waals surface area contributed by atoms with Gasteiger partial charge in [-0.2, -0.15) is 8.42 Å². The Morgan fingerprint density at radius 1 is 1.10 bits per heavy atom. The lowest BCUT2D eigenvalue weighted by atomic mass is 10.0. The summed E-state index contributed by atoms with van der Waals surface area (Å²) in [6, 6.07) is 13.9. The van der Waals surface area contributed by atoms with Gasteiger partial charge in [0, 0.05) is 16.5 Å². The molecule has 1 aromatic heterocycles. The summed E-state index contributed by atoms with van der Waals surface area (Å²) < 4.78 is 39.0. The molecule has 0 fully saturated rings. The van der Waals surface area contributed by atoms with Gasteiger partial charge in [-0.3, -0.25) is 0 Å². The summed E-state index contributed by atoms with van der Waals surface area (Å²) >= 11 is 1.28. The quantitative estimate of drug-likeness (QED) is 0.596. The summed E-state index contributed by atoms with van der Waals surface area (Å²) in [6.45, 7) is 1.95. The number of carbonyl (C=O) groups excluding carboxylic acids is 1. The third kappa shape index (κ3) is 3.57. The molecule has 0 spiro atoms. The fraction of sp³-hybridized carbons (Fsp3) is 0.143. The second kappa shape index (κ2) is 7.92. The number of anilines is 1. The lowest BCUT2D eigenvalue weighted by Gasteiger charge is -2.10. The molecular weight excluding hydrogens is 424 g/mol. The van der Waals surface area contributed by atoms with Crippen molar-refractivity contribution in [2.24, 2.45) is 4.40 Å². The Morgan fingerprint density at radius 2 is 1.83 bits per heavy atom. The number of hydrogen-bond acceptors (Lipinski definition) is 7.